The third-order valence-electron chi connectivity index (χ3n) is 5.29. The number of aryl methyl sites for hydroxylation is 1. The van der Waals surface area contributed by atoms with E-state index in [1.165, 1.54) is 22.9 Å². The number of rotatable bonds is 6. The van der Waals surface area contributed by atoms with Gasteiger partial charge in [-0.3, -0.25) is 14.8 Å². The van der Waals surface area contributed by atoms with E-state index in [0.29, 0.717) is 21.8 Å². The van der Waals surface area contributed by atoms with Gasteiger partial charge in [0, 0.05) is 43.3 Å². The zero-order valence-electron chi connectivity index (χ0n) is 16.8. The van der Waals surface area contributed by atoms with Crippen LogP contribution in [-0.4, -0.2) is 62.8 Å². The van der Waals surface area contributed by atoms with Gasteiger partial charge in [0.05, 0.1) is 5.75 Å². The summed E-state index contributed by atoms with van der Waals surface area (Å²) < 4.78 is 0. The van der Waals surface area contributed by atoms with E-state index >= 15 is 0 Å². The smallest absolute Gasteiger partial charge is 0.233 e. The number of thioether (sulfide) groups is 1. The maximum atomic E-state index is 12.6. The molecule has 1 N–H and O–H groups in total. The molecule has 1 aliphatic heterocycles. The number of nitrogens with zero attached hydrogens (tertiary/aromatic N) is 4. The third-order valence-corrected chi connectivity index (χ3v) is 6.37. The lowest BCUT2D eigenvalue weighted by atomic mass is 10.1. The molecule has 0 saturated carbocycles. The van der Waals surface area contributed by atoms with Crippen LogP contribution in [0, 0.1) is 6.92 Å². The number of carbonyl (C=O) groups excluding carboxylic acids is 1. The summed E-state index contributed by atoms with van der Waals surface area (Å²) in [7, 11) is 0. The highest BCUT2D eigenvalue weighted by Gasteiger charge is 2.22. The Morgan fingerprint density at radius 1 is 1.10 bits per heavy atom. The summed E-state index contributed by atoms with van der Waals surface area (Å²) in [6, 6.07) is 15.9. The summed E-state index contributed by atoms with van der Waals surface area (Å²) in [6.07, 6.45) is 0. The van der Waals surface area contributed by atoms with Gasteiger partial charge in [-0.1, -0.05) is 47.6 Å². The largest absolute Gasteiger partial charge is 0.339 e. The second kappa shape index (κ2) is 9.64. The number of H-pyrrole nitrogens is 1. The van der Waals surface area contributed by atoms with E-state index in [-0.39, 0.29) is 5.91 Å². The van der Waals surface area contributed by atoms with E-state index in [1.54, 1.807) is 0 Å². The lowest BCUT2D eigenvalue weighted by molar-refractivity contribution is -0.130. The van der Waals surface area contributed by atoms with Crippen LogP contribution in [0.1, 0.15) is 11.1 Å². The molecule has 1 aromatic heterocycles. The van der Waals surface area contributed by atoms with Crippen molar-refractivity contribution in [1.29, 1.82) is 0 Å². The van der Waals surface area contributed by atoms with E-state index in [0.717, 1.165) is 38.3 Å². The van der Waals surface area contributed by atoms with E-state index in [1.807, 2.05) is 29.2 Å². The normalized spacial score (nSPS) is 14.8. The van der Waals surface area contributed by atoms with Crippen LogP contribution in [0.5, 0.6) is 0 Å². The molecule has 3 aromatic rings. The Bertz CT molecular complexity index is 999. The number of aromatic amines is 1. The molecular weight excluding hydrogens is 418 g/mol. The summed E-state index contributed by atoms with van der Waals surface area (Å²) in [5.41, 5.74) is 3.58. The lowest BCUT2D eigenvalue weighted by Crippen LogP contribution is -2.48. The minimum absolute atomic E-state index is 0.133. The first-order valence-corrected chi connectivity index (χ1v) is 11.3. The quantitative estimate of drug-likeness (QED) is 0.588. The highest BCUT2D eigenvalue weighted by Crippen LogP contribution is 2.21. The predicted octanol–water partition coefficient (Wildman–Crippen LogP) is 3.87. The van der Waals surface area contributed by atoms with Gasteiger partial charge >= 0.3 is 0 Å². The average Bonchev–Trinajstić information content (AvgIpc) is 3.24. The van der Waals surface area contributed by atoms with Crippen LogP contribution >= 0.6 is 23.4 Å². The van der Waals surface area contributed by atoms with Gasteiger partial charge in [-0.25, -0.2) is 4.98 Å². The van der Waals surface area contributed by atoms with Crippen molar-refractivity contribution in [2.75, 3.05) is 31.9 Å². The first kappa shape index (κ1) is 20.9. The Labute approximate surface area is 185 Å². The first-order valence-electron chi connectivity index (χ1n) is 9.94. The number of carbonyl (C=O) groups is 1. The third kappa shape index (κ3) is 5.22. The zero-order valence-corrected chi connectivity index (χ0v) is 18.4. The Balaban J connectivity index is 1.24. The molecule has 4 rings (SSSR count). The highest BCUT2D eigenvalue weighted by molar-refractivity contribution is 7.99. The molecule has 0 aliphatic carbocycles. The summed E-state index contributed by atoms with van der Waals surface area (Å²) in [5, 5.41) is 8.39. The molecule has 0 radical (unpaired) electrons. The summed E-state index contributed by atoms with van der Waals surface area (Å²) in [5.74, 6) is 1.15. The molecule has 0 atom stereocenters. The van der Waals surface area contributed by atoms with Gasteiger partial charge in [0.2, 0.25) is 11.1 Å². The number of benzene rings is 2. The van der Waals surface area contributed by atoms with Crippen LogP contribution in [-0.2, 0) is 11.3 Å². The number of piperazine rings is 1. The molecule has 0 unspecified atom stereocenters. The van der Waals surface area contributed by atoms with Crippen LogP contribution in [0.15, 0.2) is 53.7 Å². The Morgan fingerprint density at radius 2 is 1.83 bits per heavy atom. The van der Waals surface area contributed by atoms with Gasteiger partial charge in [-0.15, -0.1) is 5.10 Å². The minimum atomic E-state index is 0.133. The molecule has 1 fully saturated rings. The molecule has 1 aliphatic rings. The van der Waals surface area contributed by atoms with Crippen molar-refractivity contribution in [2.45, 2.75) is 18.6 Å². The van der Waals surface area contributed by atoms with Crippen molar-refractivity contribution < 1.29 is 4.79 Å². The first-order chi connectivity index (χ1) is 14.6. The maximum Gasteiger partial charge on any atom is 0.233 e. The summed E-state index contributed by atoms with van der Waals surface area (Å²) in [6.45, 7) is 6.39. The van der Waals surface area contributed by atoms with Crippen LogP contribution < -0.4 is 0 Å². The number of halogens is 1. The van der Waals surface area contributed by atoms with Gasteiger partial charge < -0.3 is 4.90 Å². The fraction of sp³-hybridized carbons (Fsp3) is 0.318. The molecule has 0 bridgehead atoms. The van der Waals surface area contributed by atoms with Crippen LogP contribution in [0.2, 0.25) is 5.02 Å². The number of aromatic nitrogens is 3. The van der Waals surface area contributed by atoms with Gasteiger partial charge in [0.15, 0.2) is 5.82 Å². The van der Waals surface area contributed by atoms with Gasteiger partial charge in [0.1, 0.15) is 0 Å². The molecule has 8 heteroatoms. The topological polar surface area (TPSA) is 65.1 Å². The number of nitrogens with one attached hydrogen (secondary N) is 1. The fourth-order valence-corrected chi connectivity index (χ4v) is 4.28. The summed E-state index contributed by atoms with van der Waals surface area (Å²) >= 11 is 7.29. The Morgan fingerprint density at radius 3 is 2.57 bits per heavy atom. The number of hydrogen-bond acceptors (Lipinski definition) is 5. The maximum absolute atomic E-state index is 12.6. The Hall–Kier alpha value is -2.35. The van der Waals surface area contributed by atoms with Crippen molar-refractivity contribution in [1.82, 2.24) is 25.0 Å². The monoisotopic (exact) mass is 441 g/mol. The molecule has 2 aromatic carbocycles. The molecule has 1 saturated heterocycles. The van der Waals surface area contributed by atoms with Crippen LogP contribution in [0.3, 0.4) is 0 Å². The van der Waals surface area contributed by atoms with E-state index < -0.39 is 0 Å². The predicted molar refractivity (Wildman–Crippen MR) is 121 cm³/mol. The number of hydrogen-bond donors (Lipinski definition) is 1. The molecular formula is C22H24ClN5OS. The van der Waals surface area contributed by atoms with Gasteiger partial charge in [0.25, 0.3) is 0 Å². The van der Waals surface area contributed by atoms with Crippen LogP contribution in [0.4, 0.5) is 0 Å². The van der Waals surface area contributed by atoms with Crippen molar-refractivity contribution in [3.63, 3.8) is 0 Å². The second-order valence-corrected chi connectivity index (χ2v) is 8.72. The lowest BCUT2D eigenvalue weighted by Gasteiger charge is -2.35. The highest BCUT2D eigenvalue weighted by atomic mass is 35.5. The fourth-order valence-electron chi connectivity index (χ4n) is 3.45. The molecule has 2 heterocycles. The van der Waals surface area contributed by atoms with Crippen LogP contribution in [0.25, 0.3) is 11.4 Å². The number of amides is 1. The van der Waals surface area contributed by atoms with Gasteiger partial charge in [-0.2, -0.15) is 0 Å². The van der Waals surface area contributed by atoms with Crippen molar-refractivity contribution in [2.24, 2.45) is 0 Å². The SMILES string of the molecule is Cc1ccccc1CN1CCN(C(=O)CSc2n[nH]c(-c3ccc(Cl)cc3)n2)CC1. The molecule has 0 spiro atoms. The standard InChI is InChI=1S/C22H24ClN5OS/c1-16-4-2-3-5-18(16)14-27-10-12-28(13-11-27)20(29)15-30-22-24-21(25-26-22)17-6-8-19(23)9-7-17/h2-9H,10-15H2,1H3,(H,24,25,26). The van der Waals surface area contributed by atoms with Crippen molar-refractivity contribution >= 4 is 29.3 Å². The average molecular weight is 442 g/mol. The molecule has 6 nitrogen and oxygen atoms in total. The Kier molecular flexibility index (Phi) is 6.72. The van der Waals surface area contributed by atoms with E-state index in [4.69, 9.17) is 11.6 Å². The van der Waals surface area contributed by atoms with Crippen molar-refractivity contribution in [3.8, 4) is 11.4 Å². The minimum Gasteiger partial charge on any atom is -0.339 e. The van der Waals surface area contributed by atoms with Crippen molar-refractivity contribution in [3.05, 3.63) is 64.7 Å². The molecule has 156 valence electrons. The van der Waals surface area contributed by atoms with Gasteiger partial charge in [-0.05, 0) is 42.3 Å². The summed E-state index contributed by atoms with van der Waals surface area (Å²) in [4.78, 5) is 21.4. The van der Waals surface area contributed by atoms with E-state index in [2.05, 4.69) is 51.3 Å². The second-order valence-electron chi connectivity index (χ2n) is 7.35. The molecule has 1 amide bonds. The zero-order chi connectivity index (χ0) is 20.9. The van der Waals surface area contributed by atoms with E-state index in [9.17, 15) is 4.79 Å². The molecule has 30 heavy (non-hydrogen) atoms.